The summed E-state index contributed by atoms with van der Waals surface area (Å²) >= 11 is 0. The van der Waals surface area contributed by atoms with E-state index in [4.69, 9.17) is 9.47 Å². The van der Waals surface area contributed by atoms with Crippen molar-refractivity contribution in [3.05, 3.63) is 77.4 Å². The molecule has 0 heterocycles. The van der Waals surface area contributed by atoms with Gasteiger partial charge in [0.05, 0.1) is 12.2 Å². The highest BCUT2D eigenvalue weighted by Crippen LogP contribution is 2.21. The molecule has 0 radical (unpaired) electrons. The third-order valence-corrected chi connectivity index (χ3v) is 7.09. The van der Waals surface area contributed by atoms with Gasteiger partial charge in [-0.15, -0.1) is 0 Å². The molecular weight excluding hydrogens is 496 g/mol. The minimum Gasteiger partial charge on any atom is -0.462 e. The van der Waals surface area contributed by atoms with Crippen LogP contribution in [0.1, 0.15) is 113 Å². The first-order chi connectivity index (χ1) is 19.4. The zero-order valence-electron chi connectivity index (χ0n) is 24.6. The Balaban J connectivity index is 1.42. The van der Waals surface area contributed by atoms with E-state index in [9.17, 15) is 9.59 Å². The van der Waals surface area contributed by atoms with Gasteiger partial charge in [0.1, 0.15) is 5.75 Å². The van der Waals surface area contributed by atoms with Crippen LogP contribution in [0.3, 0.4) is 0 Å². The van der Waals surface area contributed by atoms with Gasteiger partial charge in [0.25, 0.3) is 0 Å². The monoisotopic (exact) mass is 542 g/mol. The Labute approximate surface area is 240 Å². The van der Waals surface area contributed by atoms with Gasteiger partial charge in [0.15, 0.2) is 0 Å². The fourth-order valence-electron chi connectivity index (χ4n) is 4.57. The first-order valence-corrected chi connectivity index (χ1v) is 15.1. The summed E-state index contributed by atoms with van der Waals surface area (Å²) in [4.78, 5) is 24.5. The fourth-order valence-corrected chi connectivity index (χ4v) is 4.57. The number of hydrogen-bond acceptors (Lipinski definition) is 4. The van der Waals surface area contributed by atoms with Crippen molar-refractivity contribution in [2.75, 3.05) is 6.61 Å². The minimum atomic E-state index is -0.274. The van der Waals surface area contributed by atoms with Crippen LogP contribution < -0.4 is 4.74 Å². The highest BCUT2D eigenvalue weighted by atomic mass is 16.5. The summed E-state index contributed by atoms with van der Waals surface area (Å²) < 4.78 is 10.9. The van der Waals surface area contributed by atoms with Gasteiger partial charge in [-0.2, -0.15) is 0 Å². The van der Waals surface area contributed by atoms with Gasteiger partial charge >= 0.3 is 11.9 Å². The van der Waals surface area contributed by atoms with Gasteiger partial charge in [-0.1, -0.05) is 115 Å². The molecule has 4 nitrogen and oxygen atoms in total. The van der Waals surface area contributed by atoms with E-state index in [-0.39, 0.29) is 11.9 Å². The lowest BCUT2D eigenvalue weighted by Gasteiger charge is -2.08. The normalized spacial score (nSPS) is 11.4. The van der Waals surface area contributed by atoms with Crippen LogP contribution in [0.15, 0.2) is 60.7 Å². The van der Waals surface area contributed by atoms with Crippen molar-refractivity contribution in [1.82, 2.24) is 0 Å². The molecule has 0 bridgehead atoms. The van der Waals surface area contributed by atoms with Crippen molar-refractivity contribution in [3.63, 3.8) is 0 Å². The number of ether oxygens (including phenoxy) is 2. The SMILES string of the molecule is CCCCCCCCCCCC(=O)Oc1ccc(C=Cc2ccc3cc(C(=O)OCCC(C)C)ccc3c2)cc1. The average molecular weight is 543 g/mol. The van der Waals surface area contributed by atoms with Crippen LogP contribution in [0.25, 0.3) is 22.9 Å². The molecule has 0 aliphatic carbocycles. The van der Waals surface area contributed by atoms with Crippen molar-refractivity contribution in [2.24, 2.45) is 5.92 Å². The van der Waals surface area contributed by atoms with Crippen molar-refractivity contribution in [1.29, 1.82) is 0 Å². The predicted molar refractivity (Wildman–Crippen MR) is 167 cm³/mol. The second-order valence-corrected chi connectivity index (χ2v) is 11.1. The summed E-state index contributed by atoms with van der Waals surface area (Å²) in [7, 11) is 0. The molecule has 0 atom stereocenters. The van der Waals surface area contributed by atoms with E-state index in [1.54, 1.807) is 0 Å². The molecule has 0 saturated carbocycles. The first-order valence-electron chi connectivity index (χ1n) is 15.1. The van der Waals surface area contributed by atoms with Crippen LogP contribution in [0.4, 0.5) is 0 Å². The predicted octanol–water partition coefficient (Wildman–Crippen LogP) is 10.0. The summed E-state index contributed by atoms with van der Waals surface area (Å²) in [6.45, 7) is 6.91. The molecule has 0 aliphatic heterocycles. The number of fused-ring (bicyclic) bond motifs is 1. The Morgan fingerprint density at radius 1 is 0.725 bits per heavy atom. The maximum atomic E-state index is 12.3. The number of hydrogen-bond donors (Lipinski definition) is 0. The van der Waals surface area contributed by atoms with Gasteiger partial charge in [-0.05, 0) is 71.0 Å². The highest BCUT2D eigenvalue weighted by molar-refractivity contribution is 5.96. The van der Waals surface area contributed by atoms with Crippen LogP contribution >= 0.6 is 0 Å². The topological polar surface area (TPSA) is 52.6 Å². The summed E-state index contributed by atoms with van der Waals surface area (Å²) in [5.41, 5.74) is 2.67. The Morgan fingerprint density at radius 3 is 2.02 bits per heavy atom. The second kappa shape index (κ2) is 17.3. The molecule has 3 aromatic rings. The number of carbonyl (C=O) groups excluding carboxylic acids is 2. The van der Waals surface area contributed by atoms with E-state index in [1.165, 1.54) is 44.9 Å². The lowest BCUT2D eigenvalue weighted by Crippen LogP contribution is -2.08. The van der Waals surface area contributed by atoms with Gasteiger partial charge in [0, 0.05) is 6.42 Å². The van der Waals surface area contributed by atoms with Crippen LogP contribution in [0, 0.1) is 5.92 Å². The Bertz CT molecular complexity index is 1220. The highest BCUT2D eigenvalue weighted by Gasteiger charge is 2.09. The molecule has 0 fully saturated rings. The van der Waals surface area contributed by atoms with Crippen LogP contribution in [-0.4, -0.2) is 18.5 Å². The average Bonchev–Trinajstić information content (AvgIpc) is 2.95. The molecule has 0 aromatic heterocycles. The molecule has 4 heteroatoms. The number of benzene rings is 3. The molecule has 0 amide bonds. The number of esters is 2. The Hall–Kier alpha value is -3.40. The summed E-state index contributed by atoms with van der Waals surface area (Å²) in [5, 5.41) is 2.07. The van der Waals surface area contributed by atoms with E-state index in [0.717, 1.165) is 41.2 Å². The number of rotatable bonds is 17. The lowest BCUT2D eigenvalue weighted by atomic mass is 10.0. The quantitative estimate of drug-likeness (QED) is 0.0737. The zero-order valence-corrected chi connectivity index (χ0v) is 24.6. The maximum Gasteiger partial charge on any atom is 0.338 e. The zero-order chi connectivity index (χ0) is 28.6. The first kappa shape index (κ1) is 31.1. The van der Waals surface area contributed by atoms with Gasteiger partial charge in [0.2, 0.25) is 0 Å². The Morgan fingerprint density at radius 2 is 1.32 bits per heavy atom. The molecule has 40 heavy (non-hydrogen) atoms. The number of carbonyl (C=O) groups is 2. The third kappa shape index (κ3) is 11.4. The molecule has 0 saturated heterocycles. The molecule has 0 spiro atoms. The maximum absolute atomic E-state index is 12.3. The molecule has 3 rings (SSSR count). The number of unbranched alkanes of at least 4 members (excludes halogenated alkanes) is 8. The van der Waals surface area contributed by atoms with E-state index < -0.39 is 0 Å². The molecule has 3 aromatic carbocycles. The Kier molecular flexibility index (Phi) is 13.5. The third-order valence-electron chi connectivity index (χ3n) is 7.09. The van der Waals surface area contributed by atoms with Gasteiger partial charge in [-0.25, -0.2) is 4.79 Å². The second-order valence-electron chi connectivity index (χ2n) is 11.1. The van der Waals surface area contributed by atoms with Crippen LogP contribution in [0.5, 0.6) is 5.75 Å². The van der Waals surface area contributed by atoms with E-state index in [1.807, 2.05) is 60.7 Å². The summed E-state index contributed by atoms with van der Waals surface area (Å²) in [6, 6.07) is 19.4. The summed E-state index contributed by atoms with van der Waals surface area (Å²) in [5.74, 6) is 0.659. The van der Waals surface area contributed by atoms with Crippen molar-refractivity contribution >= 4 is 34.9 Å². The van der Waals surface area contributed by atoms with Crippen LogP contribution in [-0.2, 0) is 9.53 Å². The summed E-state index contributed by atoms with van der Waals surface area (Å²) in [6.07, 6.45) is 16.5. The largest absolute Gasteiger partial charge is 0.462 e. The lowest BCUT2D eigenvalue weighted by molar-refractivity contribution is -0.134. The van der Waals surface area contributed by atoms with Crippen LogP contribution in [0.2, 0.25) is 0 Å². The molecule has 0 aliphatic rings. The van der Waals surface area contributed by atoms with Gasteiger partial charge < -0.3 is 9.47 Å². The van der Waals surface area contributed by atoms with E-state index in [0.29, 0.717) is 30.3 Å². The van der Waals surface area contributed by atoms with E-state index >= 15 is 0 Å². The van der Waals surface area contributed by atoms with Crippen molar-refractivity contribution in [2.45, 2.75) is 91.4 Å². The fraction of sp³-hybridized carbons (Fsp3) is 0.444. The smallest absolute Gasteiger partial charge is 0.338 e. The molecule has 0 unspecified atom stereocenters. The molecular formula is C36H46O4. The minimum absolute atomic E-state index is 0.158. The van der Waals surface area contributed by atoms with E-state index in [2.05, 4.69) is 32.9 Å². The van der Waals surface area contributed by atoms with Crippen molar-refractivity contribution < 1.29 is 19.1 Å². The molecule has 214 valence electrons. The van der Waals surface area contributed by atoms with Gasteiger partial charge in [-0.3, -0.25) is 4.79 Å². The molecule has 0 N–H and O–H groups in total. The van der Waals surface area contributed by atoms with Crippen molar-refractivity contribution in [3.8, 4) is 5.75 Å². The standard InChI is InChI=1S/C36H46O4/c1-4-5-6-7-8-9-10-11-12-13-35(37)40-34-22-17-29(18-23-34)14-15-30-16-19-32-27-33(21-20-31(32)26-30)36(38)39-25-24-28(2)3/h14-23,26-28H,4-13,24-25H2,1-3H3.